The molecule has 24 heavy (non-hydrogen) atoms. The van der Waals surface area contributed by atoms with Gasteiger partial charge in [-0.25, -0.2) is 4.98 Å². The molecule has 5 nitrogen and oxygen atoms in total. The smallest absolute Gasteiger partial charge is 0.255 e. The van der Waals surface area contributed by atoms with Crippen LogP contribution < -0.4 is 10.6 Å². The van der Waals surface area contributed by atoms with Gasteiger partial charge in [-0.1, -0.05) is 6.92 Å². The van der Waals surface area contributed by atoms with E-state index in [-0.39, 0.29) is 36.8 Å². The fourth-order valence-electron chi connectivity index (χ4n) is 3.45. The van der Waals surface area contributed by atoms with Crippen LogP contribution in [0, 0.1) is 5.92 Å². The Labute approximate surface area is 156 Å². The summed E-state index contributed by atoms with van der Waals surface area (Å²) in [6.07, 6.45) is 6.22. The predicted octanol–water partition coefficient (Wildman–Crippen LogP) is 2.72. The zero-order valence-electron chi connectivity index (χ0n) is 14.2. The van der Waals surface area contributed by atoms with Gasteiger partial charge >= 0.3 is 0 Å². The third-order valence-corrected chi connectivity index (χ3v) is 5.01. The number of carbonyl (C=O) groups excluding carboxylic acids is 1. The Morgan fingerprint density at radius 3 is 2.50 bits per heavy atom. The molecule has 2 aliphatic heterocycles. The first kappa shape index (κ1) is 21.0. The first-order valence-electron chi connectivity index (χ1n) is 8.41. The number of nitrogens with zero attached hydrogens (tertiary/aromatic N) is 3. The number of anilines is 1. The van der Waals surface area contributed by atoms with E-state index in [4.69, 9.17) is 5.73 Å². The largest absolute Gasteiger partial charge is 0.357 e. The minimum absolute atomic E-state index is 0. The third-order valence-electron chi connectivity index (χ3n) is 5.01. The van der Waals surface area contributed by atoms with Crippen molar-refractivity contribution in [1.82, 2.24) is 9.88 Å². The number of amides is 1. The summed E-state index contributed by atoms with van der Waals surface area (Å²) in [5, 5.41) is 0. The van der Waals surface area contributed by atoms with Gasteiger partial charge in [-0.05, 0) is 43.7 Å². The van der Waals surface area contributed by atoms with E-state index in [9.17, 15) is 4.79 Å². The van der Waals surface area contributed by atoms with Gasteiger partial charge in [0.2, 0.25) is 0 Å². The second-order valence-corrected chi connectivity index (χ2v) is 6.60. The summed E-state index contributed by atoms with van der Waals surface area (Å²) < 4.78 is 0. The summed E-state index contributed by atoms with van der Waals surface area (Å²) >= 11 is 0. The number of hydrogen-bond acceptors (Lipinski definition) is 4. The molecule has 0 aliphatic carbocycles. The van der Waals surface area contributed by atoms with Crippen LogP contribution in [0.25, 0.3) is 0 Å². The highest BCUT2D eigenvalue weighted by Gasteiger charge is 2.28. The Bertz CT molecular complexity index is 518. The highest BCUT2D eigenvalue weighted by Crippen LogP contribution is 2.23. The zero-order chi connectivity index (χ0) is 15.5. The fraction of sp³-hybridized carbons (Fsp3) is 0.647. The van der Waals surface area contributed by atoms with Gasteiger partial charge in [0.25, 0.3) is 5.91 Å². The van der Waals surface area contributed by atoms with Gasteiger partial charge in [0.05, 0.1) is 5.56 Å². The molecule has 2 N–H and O–H groups in total. The molecule has 136 valence electrons. The van der Waals surface area contributed by atoms with Crippen molar-refractivity contribution in [2.24, 2.45) is 11.7 Å². The molecule has 1 aromatic heterocycles. The van der Waals surface area contributed by atoms with Crippen molar-refractivity contribution >= 4 is 36.5 Å². The highest BCUT2D eigenvalue weighted by atomic mass is 35.5. The molecule has 0 radical (unpaired) electrons. The summed E-state index contributed by atoms with van der Waals surface area (Å²) in [6.45, 7) is 5.78. The minimum Gasteiger partial charge on any atom is -0.357 e. The number of aromatic nitrogens is 1. The lowest BCUT2D eigenvalue weighted by molar-refractivity contribution is 0.0741. The van der Waals surface area contributed by atoms with Crippen LogP contribution in [0.2, 0.25) is 0 Å². The van der Waals surface area contributed by atoms with Crippen molar-refractivity contribution in [2.75, 3.05) is 31.1 Å². The van der Waals surface area contributed by atoms with Crippen LogP contribution in [-0.4, -0.2) is 48.0 Å². The Morgan fingerprint density at radius 2 is 1.92 bits per heavy atom. The van der Waals surface area contributed by atoms with E-state index in [2.05, 4.69) is 16.8 Å². The van der Waals surface area contributed by atoms with E-state index in [1.165, 1.54) is 12.8 Å². The van der Waals surface area contributed by atoms with Gasteiger partial charge < -0.3 is 15.5 Å². The quantitative estimate of drug-likeness (QED) is 0.883. The molecule has 0 aromatic carbocycles. The molecule has 1 unspecified atom stereocenters. The standard InChI is InChI=1S/C17H26N4O.2ClH/c1-13-6-9-20(10-7-13)16-5-4-14(12-19-16)17(22)21-8-2-3-15(21)11-18;;/h4-5,12-13,15H,2-3,6-11,18H2,1H3;2*1H. The Kier molecular flexibility index (Phi) is 8.27. The summed E-state index contributed by atoms with van der Waals surface area (Å²) in [5.41, 5.74) is 6.43. The Balaban J connectivity index is 0.00000144. The number of rotatable bonds is 3. The third kappa shape index (κ3) is 4.52. The maximum atomic E-state index is 12.6. The minimum atomic E-state index is 0. The van der Waals surface area contributed by atoms with Crippen LogP contribution >= 0.6 is 24.8 Å². The zero-order valence-corrected chi connectivity index (χ0v) is 15.8. The van der Waals surface area contributed by atoms with Crippen molar-refractivity contribution in [1.29, 1.82) is 0 Å². The molecular weight excluding hydrogens is 347 g/mol. The van der Waals surface area contributed by atoms with E-state index < -0.39 is 0 Å². The SMILES string of the molecule is CC1CCN(c2ccc(C(=O)N3CCCC3CN)cn2)CC1.Cl.Cl. The van der Waals surface area contributed by atoms with Gasteiger partial charge in [0.15, 0.2) is 0 Å². The van der Waals surface area contributed by atoms with Crippen LogP contribution in [0.4, 0.5) is 5.82 Å². The van der Waals surface area contributed by atoms with E-state index in [1.54, 1.807) is 6.20 Å². The molecule has 3 heterocycles. The van der Waals surface area contributed by atoms with Crippen LogP contribution in [0.5, 0.6) is 0 Å². The van der Waals surface area contributed by atoms with E-state index >= 15 is 0 Å². The highest BCUT2D eigenvalue weighted by molar-refractivity contribution is 5.94. The van der Waals surface area contributed by atoms with Crippen LogP contribution in [0.3, 0.4) is 0 Å². The lowest BCUT2D eigenvalue weighted by atomic mass is 9.99. The van der Waals surface area contributed by atoms with Crippen molar-refractivity contribution in [3.8, 4) is 0 Å². The number of hydrogen-bond donors (Lipinski definition) is 1. The topological polar surface area (TPSA) is 62.5 Å². The van der Waals surface area contributed by atoms with Gasteiger partial charge in [-0.15, -0.1) is 24.8 Å². The lowest BCUT2D eigenvalue weighted by Crippen LogP contribution is -2.40. The number of pyridine rings is 1. The number of carbonyl (C=O) groups is 1. The van der Waals surface area contributed by atoms with Crippen molar-refractivity contribution < 1.29 is 4.79 Å². The molecule has 1 amide bonds. The van der Waals surface area contributed by atoms with Crippen molar-refractivity contribution in [2.45, 2.75) is 38.6 Å². The molecule has 2 saturated heterocycles. The fourth-order valence-corrected chi connectivity index (χ4v) is 3.45. The molecule has 0 bridgehead atoms. The van der Waals surface area contributed by atoms with Gasteiger partial charge in [-0.3, -0.25) is 4.79 Å². The number of nitrogens with two attached hydrogens (primary N) is 1. The second kappa shape index (κ2) is 9.44. The second-order valence-electron chi connectivity index (χ2n) is 6.60. The van der Waals surface area contributed by atoms with E-state index in [0.29, 0.717) is 12.1 Å². The van der Waals surface area contributed by atoms with Crippen molar-refractivity contribution in [3.05, 3.63) is 23.9 Å². The van der Waals surface area contributed by atoms with Gasteiger partial charge in [0.1, 0.15) is 5.82 Å². The van der Waals surface area contributed by atoms with Crippen LogP contribution in [0.15, 0.2) is 18.3 Å². The summed E-state index contributed by atoms with van der Waals surface area (Å²) in [5.74, 6) is 1.86. The molecule has 0 spiro atoms. The normalized spacial score (nSPS) is 21.2. The first-order chi connectivity index (χ1) is 10.7. The maximum Gasteiger partial charge on any atom is 0.255 e. The van der Waals surface area contributed by atoms with Crippen LogP contribution in [0.1, 0.15) is 43.0 Å². The summed E-state index contributed by atoms with van der Waals surface area (Å²) in [7, 11) is 0. The molecule has 1 atom stereocenters. The molecule has 0 saturated carbocycles. The molecule has 2 aliphatic rings. The van der Waals surface area contributed by atoms with E-state index in [1.807, 2.05) is 17.0 Å². The molecular formula is C17H28Cl2N4O. The maximum absolute atomic E-state index is 12.6. The average Bonchev–Trinajstić information content (AvgIpc) is 3.04. The Hall–Kier alpha value is -1.04. The molecule has 7 heteroatoms. The average molecular weight is 375 g/mol. The Morgan fingerprint density at radius 1 is 1.21 bits per heavy atom. The first-order valence-corrected chi connectivity index (χ1v) is 8.41. The van der Waals surface area contributed by atoms with Gasteiger partial charge in [0, 0.05) is 38.4 Å². The molecule has 2 fully saturated rings. The monoisotopic (exact) mass is 374 g/mol. The van der Waals surface area contributed by atoms with E-state index in [0.717, 1.165) is 44.2 Å². The molecule has 3 rings (SSSR count). The number of likely N-dealkylation sites (tertiary alicyclic amines) is 1. The summed E-state index contributed by atoms with van der Waals surface area (Å²) in [6, 6.07) is 4.08. The molecule has 1 aromatic rings. The lowest BCUT2D eigenvalue weighted by Gasteiger charge is -2.31. The van der Waals surface area contributed by atoms with Gasteiger partial charge in [-0.2, -0.15) is 0 Å². The van der Waals surface area contributed by atoms with Crippen molar-refractivity contribution in [3.63, 3.8) is 0 Å². The van der Waals surface area contributed by atoms with Crippen LogP contribution in [-0.2, 0) is 0 Å². The summed E-state index contributed by atoms with van der Waals surface area (Å²) in [4.78, 5) is 21.3. The predicted molar refractivity (Wildman–Crippen MR) is 102 cm³/mol. The number of piperidine rings is 1. The number of halogens is 2.